The Morgan fingerprint density at radius 3 is 2.62 bits per heavy atom. The predicted octanol–water partition coefficient (Wildman–Crippen LogP) is 4.00. The highest BCUT2D eigenvalue weighted by atomic mass is 35.5. The van der Waals surface area contributed by atoms with E-state index in [-0.39, 0.29) is 18.0 Å². The second-order valence-corrected chi connectivity index (χ2v) is 8.02. The van der Waals surface area contributed by atoms with Gasteiger partial charge in [-0.1, -0.05) is 18.5 Å². The third-order valence-corrected chi connectivity index (χ3v) is 5.61. The summed E-state index contributed by atoms with van der Waals surface area (Å²) in [6.45, 7) is 8.40. The molecule has 3 heterocycles. The number of aliphatic hydroxyl groups is 1. The van der Waals surface area contributed by atoms with E-state index in [1.54, 1.807) is 14.0 Å². The first kappa shape index (κ1) is 21.3. The van der Waals surface area contributed by atoms with Gasteiger partial charge >= 0.3 is 0 Å². The smallest absolute Gasteiger partial charge is 0.223 e. The third kappa shape index (κ3) is 4.31. The van der Waals surface area contributed by atoms with Crippen LogP contribution in [0.15, 0.2) is 12.4 Å². The Labute approximate surface area is 175 Å². The van der Waals surface area contributed by atoms with Crippen LogP contribution in [0, 0.1) is 13.8 Å². The summed E-state index contributed by atoms with van der Waals surface area (Å²) in [6.07, 6.45) is 5.05. The molecule has 3 aromatic rings. The van der Waals surface area contributed by atoms with Crippen LogP contribution in [0.1, 0.15) is 55.0 Å². The summed E-state index contributed by atoms with van der Waals surface area (Å²) in [7, 11) is 1.67. The van der Waals surface area contributed by atoms with Crippen LogP contribution in [-0.4, -0.2) is 37.8 Å². The number of aromatic nitrogens is 4. The Bertz CT molecular complexity index is 1030. The molecule has 0 amide bonds. The number of rotatable bonds is 7. The zero-order valence-corrected chi connectivity index (χ0v) is 18.3. The Kier molecular flexibility index (Phi) is 6.29. The Hall–Kier alpha value is -2.38. The van der Waals surface area contributed by atoms with E-state index in [9.17, 15) is 5.11 Å². The third-order valence-electron chi connectivity index (χ3n) is 5.34. The first-order valence-corrected chi connectivity index (χ1v) is 10.1. The topological polar surface area (TPSA) is 99.1 Å². The van der Waals surface area contributed by atoms with Gasteiger partial charge in [-0.25, -0.2) is 4.98 Å². The van der Waals surface area contributed by atoms with E-state index in [1.807, 2.05) is 30.8 Å². The molecule has 7 nitrogen and oxygen atoms in total. The molecule has 2 atom stereocenters. The lowest BCUT2D eigenvalue weighted by molar-refractivity contribution is 0.179. The molecule has 0 fully saturated rings. The molecular weight excluding hydrogens is 390 g/mol. The van der Waals surface area contributed by atoms with Crippen LogP contribution < -0.4 is 10.5 Å². The van der Waals surface area contributed by atoms with Crippen molar-refractivity contribution in [1.29, 1.82) is 0 Å². The number of hydrogen-bond donors (Lipinski definition) is 2. The molecule has 0 aliphatic rings. The summed E-state index contributed by atoms with van der Waals surface area (Å²) >= 11 is 6.46. The average molecular weight is 418 g/mol. The number of nitrogen functional groups attached to an aromatic ring is 1. The number of ether oxygens (including phenoxy) is 1. The van der Waals surface area contributed by atoms with Crippen LogP contribution in [-0.2, 0) is 6.54 Å². The first-order chi connectivity index (χ1) is 13.7. The molecule has 3 N–H and O–H groups in total. The Balaban J connectivity index is 2.09. The van der Waals surface area contributed by atoms with Crippen LogP contribution in [0.5, 0.6) is 5.75 Å². The molecule has 8 heteroatoms. The minimum absolute atomic E-state index is 0.135. The largest absolute Gasteiger partial charge is 0.496 e. The Morgan fingerprint density at radius 2 is 1.97 bits per heavy atom. The minimum Gasteiger partial charge on any atom is -0.496 e. The van der Waals surface area contributed by atoms with Crippen molar-refractivity contribution >= 4 is 28.6 Å². The number of hydrogen-bond acceptors (Lipinski definition) is 6. The normalized spacial score (nSPS) is 13.6. The second kappa shape index (κ2) is 8.55. The number of anilines is 1. The van der Waals surface area contributed by atoms with E-state index in [0.29, 0.717) is 23.8 Å². The minimum atomic E-state index is -0.347. The predicted molar refractivity (Wildman–Crippen MR) is 116 cm³/mol. The van der Waals surface area contributed by atoms with Crippen molar-refractivity contribution in [1.82, 2.24) is 19.5 Å². The van der Waals surface area contributed by atoms with Gasteiger partial charge in [0, 0.05) is 23.5 Å². The summed E-state index contributed by atoms with van der Waals surface area (Å²) in [5.41, 5.74) is 10.5. The molecule has 0 radical (unpaired) electrons. The molecule has 0 aromatic carbocycles. The fourth-order valence-corrected chi connectivity index (χ4v) is 4.00. The van der Waals surface area contributed by atoms with Gasteiger partial charge in [0.05, 0.1) is 30.8 Å². The zero-order valence-electron chi connectivity index (χ0n) is 17.5. The summed E-state index contributed by atoms with van der Waals surface area (Å²) < 4.78 is 7.55. The Morgan fingerprint density at radius 1 is 1.24 bits per heavy atom. The fourth-order valence-electron chi connectivity index (χ4n) is 3.72. The number of halogens is 1. The van der Waals surface area contributed by atoms with Crippen molar-refractivity contribution in [3.8, 4) is 5.75 Å². The van der Waals surface area contributed by atoms with Crippen molar-refractivity contribution < 1.29 is 9.84 Å². The molecule has 3 rings (SSSR count). The highest BCUT2D eigenvalue weighted by Crippen LogP contribution is 2.35. The zero-order chi connectivity index (χ0) is 21.3. The van der Waals surface area contributed by atoms with Crippen LogP contribution in [0.25, 0.3) is 11.0 Å². The highest BCUT2D eigenvalue weighted by molar-refractivity contribution is 6.34. The number of aryl methyl sites for hydroxylation is 1. The summed E-state index contributed by atoms with van der Waals surface area (Å²) in [5, 5.41) is 10.8. The molecule has 0 aliphatic heterocycles. The summed E-state index contributed by atoms with van der Waals surface area (Å²) in [6, 6.07) is 0. The van der Waals surface area contributed by atoms with E-state index in [1.165, 1.54) is 0 Å². The van der Waals surface area contributed by atoms with Gasteiger partial charge in [-0.2, -0.15) is 4.98 Å². The first-order valence-electron chi connectivity index (χ1n) is 9.71. The SMILES string of the molecule is COc1c(C)cnc(Cn2cc(C(C)CCC(C)O)c3c(Cl)nc(N)nc32)c1C. The molecule has 2 unspecified atom stereocenters. The molecule has 156 valence electrons. The van der Waals surface area contributed by atoms with Crippen LogP contribution in [0.2, 0.25) is 5.15 Å². The van der Waals surface area contributed by atoms with E-state index in [2.05, 4.69) is 21.9 Å². The maximum atomic E-state index is 9.66. The monoisotopic (exact) mass is 417 g/mol. The highest BCUT2D eigenvalue weighted by Gasteiger charge is 2.21. The quantitative estimate of drug-likeness (QED) is 0.563. The van der Waals surface area contributed by atoms with E-state index >= 15 is 0 Å². The van der Waals surface area contributed by atoms with Gasteiger partial charge < -0.3 is 20.1 Å². The van der Waals surface area contributed by atoms with Gasteiger partial charge in [0.2, 0.25) is 5.95 Å². The lowest BCUT2D eigenvalue weighted by Crippen LogP contribution is -2.07. The van der Waals surface area contributed by atoms with Gasteiger partial charge in [-0.15, -0.1) is 0 Å². The average Bonchev–Trinajstić information content (AvgIpc) is 3.01. The number of pyridine rings is 1. The molecule has 0 saturated heterocycles. The standard InChI is InChI=1S/C21H28ClN5O2/c1-11(6-7-13(3)28)15-9-27(20-17(15)19(22)25-21(23)26-20)10-16-14(4)18(29-5)12(2)8-24-16/h8-9,11,13,28H,6-7,10H2,1-5H3,(H2,23,25,26). The van der Waals surface area contributed by atoms with Gasteiger partial charge in [-0.3, -0.25) is 4.98 Å². The molecule has 29 heavy (non-hydrogen) atoms. The van der Waals surface area contributed by atoms with Crippen molar-refractivity contribution in [3.63, 3.8) is 0 Å². The number of aliphatic hydroxyl groups excluding tert-OH is 1. The fraction of sp³-hybridized carbons (Fsp3) is 0.476. The lowest BCUT2D eigenvalue weighted by Gasteiger charge is -2.13. The van der Waals surface area contributed by atoms with Crippen molar-refractivity contribution in [2.24, 2.45) is 0 Å². The molecular formula is C21H28ClN5O2. The van der Waals surface area contributed by atoms with Crippen molar-refractivity contribution in [3.05, 3.63) is 39.9 Å². The molecule has 0 bridgehead atoms. The number of nitrogens with zero attached hydrogens (tertiary/aromatic N) is 4. The maximum absolute atomic E-state index is 9.66. The van der Waals surface area contributed by atoms with Crippen LogP contribution in [0.3, 0.4) is 0 Å². The van der Waals surface area contributed by atoms with Crippen LogP contribution in [0.4, 0.5) is 5.95 Å². The van der Waals surface area contributed by atoms with Crippen molar-refractivity contribution in [2.45, 2.75) is 59.1 Å². The van der Waals surface area contributed by atoms with E-state index < -0.39 is 0 Å². The van der Waals surface area contributed by atoms with E-state index in [4.69, 9.17) is 22.1 Å². The van der Waals surface area contributed by atoms with Gasteiger partial charge in [-0.05, 0) is 45.1 Å². The molecule has 0 aliphatic carbocycles. The van der Waals surface area contributed by atoms with Crippen LogP contribution >= 0.6 is 11.6 Å². The number of nitrogens with two attached hydrogens (primary N) is 1. The molecule has 0 saturated carbocycles. The van der Waals surface area contributed by atoms with Gasteiger partial charge in [0.15, 0.2) is 0 Å². The van der Waals surface area contributed by atoms with E-state index in [0.717, 1.165) is 39.9 Å². The number of fused-ring (bicyclic) bond motifs is 1. The van der Waals surface area contributed by atoms with Crippen molar-refractivity contribution in [2.75, 3.05) is 12.8 Å². The maximum Gasteiger partial charge on any atom is 0.223 e. The van der Waals surface area contributed by atoms with Gasteiger partial charge in [0.1, 0.15) is 16.5 Å². The summed E-state index contributed by atoms with van der Waals surface area (Å²) in [5.74, 6) is 1.15. The molecule has 3 aromatic heterocycles. The lowest BCUT2D eigenvalue weighted by atomic mass is 9.95. The number of methoxy groups -OCH3 is 1. The second-order valence-electron chi connectivity index (χ2n) is 7.66. The molecule has 0 spiro atoms. The van der Waals surface area contributed by atoms with Gasteiger partial charge in [0.25, 0.3) is 0 Å². The summed E-state index contributed by atoms with van der Waals surface area (Å²) in [4.78, 5) is 13.2.